The predicted molar refractivity (Wildman–Crippen MR) is 108 cm³/mol. The molecule has 6 heteroatoms. The number of ether oxygens (including phenoxy) is 1. The molecule has 0 bridgehead atoms. The van der Waals surface area contributed by atoms with Gasteiger partial charge in [-0.1, -0.05) is 50.1 Å². The van der Waals surface area contributed by atoms with Gasteiger partial charge < -0.3 is 14.3 Å². The number of hydrogen-bond acceptors (Lipinski definition) is 4. The number of carbonyl (C=O) groups is 3. The minimum atomic E-state index is -1.18. The SMILES string of the molecule is CCCCC(CCC[N+](C)(C)CC(=O)c1ccccc1)OC(=O)/C=C\C(=O)O. The second kappa shape index (κ2) is 12.1. The Morgan fingerprint density at radius 1 is 1.07 bits per heavy atom. The highest BCUT2D eigenvalue weighted by molar-refractivity contribution is 5.96. The van der Waals surface area contributed by atoms with Crippen molar-refractivity contribution in [3.8, 4) is 0 Å². The minimum Gasteiger partial charge on any atom is -0.478 e. The summed E-state index contributed by atoms with van der Waals surface area (Å²) in [5.41, 5.74) is 0.716. The summed E-state index contributed by atoms with van der Waals surface area (Å²) >= 11 is 0. The van der Waals surface area contributed by atoms with Crippen LogP contribution >= 0.6 is 0 Å². The van der Waals surface area contributed by atoms with E-state index in [2.05, 4.69) is 6.92 Å². The second-order valence-corrected chi connectivity index (χ2v) is 7.62. The largest absolute Gasteiger partial charge is 0.478 e. The summed E-state index contributed by atoms with van der Waals surface area (Å²) in [6.07, 6.45) is 5.66. The van der Waals surface area contributed by atoms with Gasteiger partial charge in [-0.05, 0) is 12.8 Å². The number of rotatable bonds is 13. The summed E-state index contributed by atoms with van der Waals surface area (Å²) in [7, 11) is 4.03. The van der Waals surface area contributed by atoms with Crippen LogP contribution in [0.25, 0.3) is 0 Å². The van der Waals surface area contributed by atoms with Crippen molar-refractivity contribution in [2.45, 2.75) is 45.1 Å². The molecule has 154 valence electrons. The number of unbranched alkanes of at least 4 members (excludes halogenated alkanes) is 1. The highest BCUT2D eigenvalue weighted by Gasteiger charge is 2.22. The highest BCUT2D eigenvalue weighted by atomic mass is 16.5. The van der Waals surface area contributed by atoms with Crippen molar-refractivity contribution in [3.63, 3.8) is 0 Å². The van der Waals surface area contributed by atoms with Crippen LogP contribution in [0.4, 0.5) is 0 Å². The number of quaternary nitrogens is 1. The molecular weight excluding hydrogens is 358 g/mol. The number of Topliss-reactive ketones (excluding diaryl/α,β-unsaturated/α-hetero) is 1. The van der Waals surface area contributed by atoms with Crippen LogP contribution in [0.15, 0.2) is 42.5 Å². The molecule has 0 aromatic heterocycles. The zero-order valence-electron chi connectivity index (χ0n) is 17.1. The molecule has 28 heavy (non-hydrogen) atoms. The van der Waals surface area contributed by atoms with E-state index in [0.717, 1.165) is 44.4 Å². The number of esters is 1. The summed E-state index contributed by atoms with van der Waals surface area (Å²) in [6, 6.07) is 9.26. The predicted octanol–water partition coefficient (Wildman–Crippen LogP) is 3.47. The van der Waals surface area contributed by atoms with Crippen LogP contribution in [0.2, 0.25) is 0 Å². The number of hydrogen-bond donors (Lipinski definition) is 1. The van der Waals surface area contributed by atoms with Crippen molar-refractivity contribution in [1.29, 1.82) is 0 Å². The third-order valence-electron chi connectivity index (χ3n) is 4.48. The molecule has 1 atom stereocenters. The number of ketones is 1. The third kappa shape index (κ3) is 10.0. The maximum atomic E-state index is 12.4. The summed E-state index contributed by atoms with van der Waals surface area (Å²) in [5.74, 6) is -1.70. The van der Waals surface area contributed by atoms with E-state index >= 15 is 0 Å². The standard InChI is InChI=1S/C22H31NO5/c1-4-5-12-19(28-22(27)15-14-21(25)26)13-9-16-23(2,3)17-20(24)18-10-7-6-8-11-18/h6-8,10-11,14-15,19H,4-5,9,12-13,16-17H2,1-3H3/p+1/b15-14-. The molecule has 1 aromatic rings. The maximum absolute atomic E-state index is 12.4. The van der Waals surface area contributed by atoms with Crippen LogP contribution in [0, 0.1) is 0 Å². The Labute approximate surface area is 167 Å². The lowest BCUT2D eigenvalue weighted by atomic mass is 10.1. The monoisotopic (exact) mass is 390 g/mol. The molecular formula is C22H32NO5+. The zero-order chi connectivity index (χ0) is 21.0. The molecule has 0 saturated heterocycles. The van der Waals surface area contributed by atoms with Gasteiger partial charge in [-0.2, -0.15) is 0 Å². The molecule has 0 spiro atoms. The van der Waals surface area contributed by atoms with E-state index in [-0.39, 0.29) is 11.9 Å². The molecule has 0 amide bonds. The molecule has 1 unspecified atom stereocenters. The summed E-state index contributed by atoms with van der Waals surface area (Å²) in [6.45, 7) is 3.26. The molecule has 1 aromatic carbocycles. The molecule has 0 radical (unpaired) electrons. The van der Waals surface area contributed by atoms with Gasteiger partial charge >= 0.3 is 11.9 Å². The van der Waals surface area contributed by atoms with E-state index in [1.807, 2.05) is 44.4 Å². The fourth-order valence-corrected chi connectivity index (χ4v) is 2.97. The van der Waals surface area contributed by atoms with Gasteiger partial charge in [0.05, 0.1) is 20.6 Å². The lowest BCUT2D eigenvalue weighted by molar-refractivity contribution is -0.882. The molecule has 0 heterocycles. The van der Waals surface area contributed by atoms with E-state index in [4.69, 9.17) is 9.84 Å². The van der Waals surface area contributed by atoms with Gasteiger partial charge in [-0.15, -0.1) is 0 Å². The van der Waals surface area contributed by atoms with Crippen LogP contribution in [-0.2, 0) is 14.3 Å². The summed E-state index contributed by atoms with van der Waals surface area (Å²) < 4.78 is 5.96. The van der Waals surface area contributed by atoms with Crippen molar-refractivity contribution in [1.82, 2.24) is 0 Å². The molecule has 0 aliphatic rings. The highest BCUT2D eigenvalue weighted by Crippen LogP contribution is 2.14. The second-order valence-electron chi connectivity index (χ2n) is 7.62. The number of carboxylic acid groups (broad SMARTS) is 1. The maximum Gasteiger partial charge on any atom is 0.331 e. The van der Waals surface area contributed by atoms with Crippen LogP contribution in [0.5, 0.6) is 0 Å². The normalized spacial score (nSPS) is 12.7. The number of nitrogens with zero attached hydrogens (tertiary/aromatic N) is 1. The molecule has 6 nitrogen and oxygen atoms in total. The lowest BCUT2D eigenvalue weighted by Gasteiger charge is -2.29. The molecule has 0 aliphatic heterocycles. The fraction of sp³-hybridized carbons (Fsp3) is 0.500. The van der Waals surface area contributed by atoms with Crippen molar-refractivity contribution < 1.29 is 28.7 Å². The first-order chi connectivity index (χ1) is 13.2. The number of benzene rings is 1. The third-order valence-corrected chi connectivity index (χ3v) is 4.48. The van der Waals surface area contributed by atoms with E-state index < -0.39 is 11.9 Å². The first-order valence-electron chi connectivity index (χ1n) is 9.75. The number of likely N-dealkylation sites (N-methyl/N-ethyl adjacent to an activating group) is 1. The van der Waals surface area contributed by atoms with Crippen LogP contribution in [-0.4, -0.2) is 60.6 Å². The van der Waals surface area contributed by atoms with Crippen molar-refractivity contribution in [2.24, 2.45) is 0 Å². The zero-order valence-corrected chi connectivity index (χ0v) is 17.1. The number of carbonyl (C=O) groups excluding carboxylic acids is 2. The van der Waals surface area contributed by atoms with Gasteiger partial charge in [0.25, 0.3) is 0 Å². The topological polar surface area (TPSA) is 80.7 Å². The van der Waals surface area contributed by atoms with Gasteiger partial charge in [0.2, 0.25) is 5.78 Å². The first kappa shape index (κ1) is 23.6. The smallest absolute Gasteiger partial charge is 0.331 e. The Morgan fingerprint density at radius 2 is 1.71 bits per heavy atom. The Bertz CT molecular complexity index is 667. The van der Waals surface area contributed by atoms with Crippen molar-refractivity contribution >= 4 is 17.7 Å². The van der Waals surface area contributed by atoms with Crippen LogP contribution in [0.1, 0.15) is 49.4 Å². The van der Waals surface area contributed by atoms with Crippen molar-refractivity contribution in [2.75, 3.05) is 27.2 Å². The quantitative estimate of drug-likeness (QED) is 0.241. The Morgan fingerprint density at radius 3 is 2.32 bits per heavy atom. The van der Waals surface area contributed by atoms with Gasteiger partial charge in [-0.3, -0.25) is 4.79 Å². The summed E-state index contributed by atoms with van der Waals surface area (Å²) in [4.78, 5) is 34.7. The van der Waals surface area contributed by atoms with E-state index in [9.17, 15) is 14.4 Å². The van der Waals surface area contributed by atoms with Crippen molar-refractivity contribution in [3.05, 3.63) is 48.0 Å². The fourth-order valence-electron chi connectivity index (χ4n) is 2.97. The summed E-state index contributed by atoms with van der Waals surface area (Å²) in [5, 5.41) is 8.60. The van der Waals surface area contributed by atoms with Crippen LogP contribution in [0.3, 0.4) is 0 Å². The Kier molecular flexibility index (Phi) is 10.2. The molecule has 0 saturated carbocycles. The van der Waals surface area contributed by atoms with Gasteiger partial charge in [0, 0.05) is 24.1 Å². The average molecular weight is 391 g/mol. The van der Waals surface area contributed by atoms with E-state index in [1.165, 1.54) is 0 Å². The van der Waals surface area contributed by atoms with Gasteiger partial charge in [0.15, 0.2) is 0 Å². The lowest BCUT2D eigenvalue weighted by Crippen LogP contribution is -2.44. The van der Waals surface area contributed by atoms with E-state index in [1.54, 1.807) is 0 Å². The molecule has 1 N–H and O–H groups in total. The Balaban J connectivity index is 2.52. The molecule has 1 rings (SSSR count). The first-order valence-corrected chi connectivity index (χ1v) is 9.75. The van der Waals surface area contributed by atoms with Gasteiger partial charge in [0.1, 0.15) is 12.6 Å². The van der Waals surface area contributed by atoms with E-state index in [0.29, 0.717) is 23.0 Å². The van der Waals surface area contributed by atoms with Gasteiger partial charge in [-0.25, -0.2) is 9.59 Å². The van der Waals surface area contributed by atoms with Crippen LogP contribution < -0.4 is 0 Å². The average Bonchev–Trinajstić information content (AvgIpc) is 2.64. The number of aliphatic carboxylic acids is 1. The Hall–Kier alpha value is -2.47. The minimum absolute atomic E-state index is 0.110. The number of carboxylic acids is 1. The molecule has 0 fully saturated rings. The molecule has 0 aliphatic carbocycles.